The molecule has 9 heteroatoms. The first-order chi connectivity index (χ1) is 10.9. The first-order valence-electron chi connectivity index (χ1n) is 7.60. The Morgan fingerprint density at radius 3 is 2.25 bits per heavy atom. The quantitative estimate of drug-likeness (QED) is 0.465. The van der Waals surface area contributed by atoms with Crippen molar-refractivity contribution < 1.29 is 4.92 Å². The molecule has 0 unspecified atom stereocenters. The van der Waals surface area contributed by atoms with Crippen LogP contribution in [0.4, 0.5) is 5.69 Å². The Labute approximate surface area is 147 Å². The molecule has 1 aliphatic rings. The summed E-state index contributed by atoms with van der Waals surface area (Å²) in [5.41, 5.74) is -0.412. The summed E-state index contributed by atoms with van der Waals surface area (Å²) < 4.78 is 0. The number of aromatic nitrogens is 2. The number of rotatable bonds is 3. The number of nitrogens with zero attached hydrogens (tertiary/aromatic N) is 2. The molecule has 1 fully saturated rings. The van der Waals surface area contributed by atoms with Gasteiger partial charge in [-0.05, 0) is 37.9 Å². The zero-order valence-corrected chi connectivity index (χ0v) is 14.9. The van der Waals surface area contributed by atoms with Crippen molar-refractivity contribution >= 4 is 33.7 Å². The monoisotopic (exact) mass is 398 g/mol. The van der Waals surface area contributed by atoms with E-state index in [9.17, 15) is 19.7 Å². The van der Waals surface area contributed by atoms with Gasteiger partial charge in [0, 0.05) is 18.2 Å². The molecular weight excluding hydrogens is 380 g/mol. The molecule has 24 heavy (non-hydrogen) atoms. The summed E-state index contributed by atoms with van der Waals surface area (Å²) in [7, 11) is 0. The molecule has 3 rings (SSSR count). The van der Waals surface area contributed by atoms with Crippen molar-refractivity contribution in [2.45, 2.75) is 26.3 Å². The fourth-order valence-electron chi connectivity index (χ4n) is 2.96. The summed E-state index contributed by atoms with van der Waals surface area (Å²) in [6, 6.07) is 2.90. The van der Waals surface area contributed by atoms with E-state index in [0.29, 0.717) is 23.5 Å². The van der Waals surface area contributed by atoms with Crippen molar-refractivity contribution in [3.63, 3.8) is 0 Å². The lowest BCUT2D eigenvalue weighted by Gasteiger charge is -2.30. The largest absolute Gasteiger partial charge is 0.316 e. The van der Waals surface area contributed by atoms with Gasteiger partial charge in [-0.2, -0.15) is 0 Å². The summed E-state index contributed by atoms with van der Waals surface area (Å²) in [6.07, 6.45) is 2.15. The fraction of sp³-hybridized carbons (Fsp3) is 0.467. The summed E-state index contributed by atoms with van der Waals surface area (Å²) in [5, 5.41) is 11.3. The van der Waals surface area contributed by atoms with E-state index in [-0.39, 0.29) is 28.2 Å². The molecule has 1 aromatic carbocycles. The van der Waals surface area contributed by atoms with Crippen LogP contribution in [-0.2, 0) is 6.54 Å². The van der Waals surface area contributed by atoms with E-state index in [1.165, 1.54) is 6.07 Å². The number of fused-ring (bicyclic) bond motifs is 1. The first kappa shape index (κ1) is 18.3. The Bertz CT molecular complexity index is 868. The molecule has 2 N–H and O–H groups in total. The molecule has 1 aromatic heterocycles. The van der Waals surface area contributed by atoms with Crippen molar-refractivity contribution in [2.75, 3.05) is 13.1 Å². The Morgan fingerprint density at radius 1 is 1.17 bits per heavy atom. The second-order valence-corrected chi connectivity index (χ2v) is 6.15. The number of hydrogen-bond acceptors (Lipinski definition) is 5. The van der Waals surface area contributed by atoms with Crippen LogP contribution in [0.1, 0.15) is 25.3 Å². The zero-order chi connectivity index (χ0) is 16.6. The topological polar surface area (TPSA) is 112 Å². The van der Waals surface area contributed by atoms with Gasteiger partial charge in [0.05, 0.1) is 16.0 Å². The number of likely N-dealkylation sites (tertiary alicyclic amines) is 1. The maximum absolute atomic E-state index is 11.4. The molecule has 0 aliphatic carbocycles. The van der Waals surface area contributed by atoms with E-state index < -0.39 is 16.0 Å². The summed E-state index contributed by atoms with van der Waals surface area (Å²) in [5.74, 6) is 0.680. The third-order valence-electron chi connectivity index (χ3n) is 4.39. The Hall–Kier alpha value is -2.00. The van der Waals surface area contributed by atoms with Gasteiger partial charge in [0.25, 0.3) is 5.69 Å². The van der Waals surface area contributed by atoms with Crippen LogP contribution in [-0.4, -0.2) is 32.9 Å². The van der Waals surface area contributed by atoms with Crippen LogP contribution in [0.2, 0.25) is 0 Å². The number of nitro benzene ring substituents is 1. The molecular formula is C15H19BrN4O4. The van der Waals surface area contributed by atoms with Crippen LogP contribution in [0.5, 0.6) is 0 Å². The van der Waals surface area contributed by atoms with Gasteiger partial charge in [0.15, 0.2) is 0 Å². The van der Waals surface area contributed by atoms with Crippen molar-refractivity contribution in [1.82, 2.24) is 14.9 Å². The lowest BCUT2D eigenvalue weighted by molar-refractivity contribution is -0.385. The molecule has 0 saturated carbocycles. The van der Waals surface area contributed by atoms with Gasteiger partial charge in [-0.3, -0.25) is 24.6 Å². The molecule has 1 aliphatic heterocycles. The van der Waals surface area contributed by atoms with Crippen LogP contribution >= 0.6 is 17.0 Å². The van der Waals surface area contributed by atoms with Crippen molar-refractivity contribution in [3.8, 4) is 0 Å². The first-order valence-corrected chi connectivity index (χ1v) is 7.60. The molecule has 2 heterocycles. The number of nitrogens with one attached hydrogen (secondary N) is 2. The summed E-state index contributed by atoms with van der Waals surface area (Å²) in [4.78, 5) is 40.7. The van der Waals surface area contributed by atoms with E-state index in [0.717, 1.165) is 25.9 Å². The smallest absolute Gasteiger partial charge is 0.314 e. The minimum Gasteiger partial charge on any atom is -0.316 e. The number of aromatic amines is 2. The highest BCUT2D eigenvalue weighted by Crippen LogP contribution is 2.26. The normalized spacial score (nSPS) is 16.0. The SMILES string of the molecule is Br.CC1CCN(Cc2cc3[nH]c(=O)c(=O)[nH]c3cc2[N+](=O)[O-])CC1. The van der Waals surface area contributed by atoms with E-state index in [4.69, 9.17) is 0 Å². The highest BCUT2D eigenvalue weighted by atomic mass is 79.9. The van der Waals surface area contributed by atoms with E-state index in [1.54, 1.807) is 6.07 Å². The van der Waals surface area contributed by atoms with E-state index >= 15 is 0 Å². The minimum absolute atomic E-state index is 0. The van der Waals surface area contributed by atoms with Gasteiger partial charge in [0.2, 0.25) is 0 Å². The van der Waals surface area contributed by atoms with Crippen LogP contribution in [0.25, 0.3) is 11.0 Å². The molecule has 2 aromatic rings. The lowest BCUT2D eigenvalue weighted by Crippen LogP contribution is -2.32. The maximum Gasteiger partial charge on any atom is 0.314 e. The molecule has 0 amide bonds. The Balaban J connectivity index is 0.00000208. The standard InChI is InChI=1S/C15H18N4O4.BrH/c1-9-2-4-18(5-3-9)8-10-6-11-12(7-13(10)19(22)23)17-15(21)14(20)16-11;/h6-7,9H,2-5,8H2,1H3,(H,16,20)(H,17,21);1H. The van der Waals surface area contributed by atoms with Crippen molar-refractivity contribution in [2.24, 2.45) is 5.92 Å². The summed E-state index contributed by atoms with van der Waals surface area (Å²) in [6.45, 7) is 4.47. The van der Waals surface area contributed by atoms with E-state index in [2.05, 4.69) is 21.8 Å². The molecule has 1 saturated heterocycles. The Morgan fingerprint density at radius 2 is 1.71 bits per heavy atom. The third-order valence-corrected chi connectivity index (χ3v) is 4.39. The zero-order valence-electron chi connectivity index (χ0n) is 13.2. The highest BCUT2D eigenvalue weighted by Gasteiger charge is 2.21. The number of halogens is 1. The van der Waals surface area contributed by atoms with E-state index in [1.807, 2.05) is 0 Å². The molecule has 0 spiro atoms. The number of hydrogen-bond donors (Lipinski definition) is 2. The second-order valence-electron chi connectivity index (χ2n) is 6.15. The predicted molar refractivity (Wildman–Crippen MR) is 95.8 cm³/mol. The van der Waals surface area contributed by atoms with Gasteiger partial charge < -0.3 is 9.97 Å². The third kappa shape index (κ3) is 3.73. The van der Waals surface area contributed by atoms with Gasteiger partial charge in [0.1, 0.15) is 0 Å². The molecule has 0 radical (unpaired) electrons. The predicted octanol–water partition coefficient (Wildman–Crippen LogP) is 1.93. The van der Waals surface area contributed by atoms with Crippen molar-refractivity contribution in [1.29, 1.82) is 0 Å². The van der Waals surface area contributed by atoms with Crippen LogP contribution in [0.15, 0.2) is 21.7 Å². The summed E-state index contributed by atoms with van der Waals surface area (Å²) >= 11 is 0. The maximum atomic E-state index is 11.4. The van der Waals surface area contributed by atoms with Gasteiger partial charge in [-0.15, -0.1) is 17.0 Å². The molecule has 8 nitrogen and oxygen atoms in total. The van der Waals surface area contributed by atoms with Crippen molar-refractivity contribution in [3.05, 3.63) is 48.5 Å². The Kier molecular flexibility index (Phi) is 5.55. The average molecular weight is 399 g/mol. The molecule has 0 bridgehead atoms. The number of benzene rings is 1. The second kappa shape index (κ2) is 7.27. The molecule has 130 valence electrons. The van der Waals surface area contributed by atoms with Crippen LogP contribution in [0.3, 0.4) is 0 Å². The minimum atomic E-state index is -0.815. The molecule has 0 atom stereocenters. The number of H-pyrrole nitrogens is 2. The van der Waals surface area contributed by atoms with Gasteiger partial charge in [-0.1, -0.05) is 6.92 Å². The van der Waals surface area contributed by atoms with Gasteiger partial charge >= 0.3 is 11.1 Å². The fourth-order valence-corrected chi connectivity index (χ4v) is 2.96. The van der Waals surface area contributed by atoms with Crippen LogP contribution < -0.4 is 11.1 Å². The average Bonchev–Trinajstić information content (AvgIpc) is 2.50. The number of nitro groups is 1. The lowest BCUT2D eigenvalue weighted by atomic mass is 9.98. The highest BCUT2D eigenvalue weighted by molar-refractivity contribution is 8.93. The van der Waals surface area contributed by atoms with Gasteiger partial charge in [-0.25, -0.2) is 0 Å². The van der Waals surface area contributed by atoms with Crippen LogP contribution in [0, 0.1) is 16.0 Å². The number of piperidine rings is 1.